The number of fused-ring (bicyclic) bond motifs is 1. The number of nitroso groups, excluding NO2 is 1. The number of carbonyl (C=O) groups is 1. The van der Waals surface area contributed by atoms with Crippen LogP contribution in [0.25, 0.3) is 0 Å². The van der Waals surface area contributed by atoms with Gasteiger partial charge in [0.2, 0.25) is 5.91 Å². The molecule has 2 aliphatic rings. The molecule has 0 aromatic carbocycles. The van der Waals surface area contributed by atoms with E-state index in [-0.39, 0.29) is 5.91 Å². The van der Waals surface area contributed by atoms with E-state index in [1.807, 2.05) is 6.08 Å². The van der Waals surface area contributed by atoms with Crippen LogP contribution in [0.2, 0.25) is 0 Å². The second-order valence-electron chi connectivity index (χ2n) is 5.26. The minimum absolute atomic E-state index is 0.0791. The van der Waals surface area contributed by atoms with Gasteiger partial charge < -0.3 is 10.6 Å². The number of allylic oxidation sites excluding steroid dienone is 3. The number of hydrogen-bond donors (Lipinski definition) is 2. The fraction of sp³-hybridized carbons (Fsp3) is 0.400. The summed E-state index contributed by atoms with van der Waals surface area (Å²) in [5.41, 5.74) is 3.49. The lowest BCUT2D eigenvalue weighted by atomic mass is 10.1. The lowest BCUT2D eigenvalue weighted by Gasteiger charge is -2.14. The first-order chi connectivity index (χ1) is 10.1. The molecular formula is C15H18N3O2S+. The maximum absolute atomic E-state index is 12.6. The van der Waals surface area contributed by atoms with Gasteiger partial charge >= 0.3 is 5.00 Å². The van der Waals surface area contributed by atoms with E-state index in [1.165, 1.54) is 11.8 Å². The van der Waals surface area contributed by atoms with Gasteiger partial charge in [-0.25, -0.2) is 0 Å². The summed E-state index contributed by atoms with van der Waals surface area (Å²) in [6, 6.07) is 2.11. The molecule has 6 heteroatoms. The Hall–Kier alpha value is -1.95. The van der Waals surface area contributed by atoms with Gasteiger partial charge in [-0.15, -0.1) is 0 Å². The molecule has 0 radical (unpaired) electrons. The van der Waals surface area contributed by atoms with E-state index in [2.05, 4.69) is 23.6 Å². The zero-order chi connectivity index (χ0) is 15.0. The van der Waals surface area contributed by atoms with Crippen molar-refractivity contribution in [2.75, 3.05) is 0 Å². The first-order valence-electron chi connectivity index (χ1n) is 7.12. The van der Waals surface area contributed by atoms with Crippen LogP contribution in [0.4, 0.5) is 5.00 Å². The summed E-state index contributed by atoms with van der Waals surface area (Å²) in [6.07, 6.45) is 4.14. The second kappa shape index (κ2) is 5.44. The van der Waals surface area contributed by atoms with E-state index in [0.29, 0.717) is 19.4 Å². The summed E-state index contributed by atoms with van der Waals surface area (Å²) in [6.45, 7) is 4.24. The highest BCUT2D eigenvalue weighted by atomic mass is 32.1. The Morgan fingerprint density at radius 1 is 1.48 bits per heavy atom. The molecule has 0 spiro atoms. The van der Waals surface area contributed by atoms with Crippen molar-refractivity contribution in [3.8, 4) is 0 Å². The molecule has 1 amide bonds. The third-order valence-corrected chi connectivity index (χ3v) is 4.97. The van der Waals surface area contributed by atoms with Crippen LogP contribution in [0.1, 0.15) is 37.1 Å². The Bertz CT molecular complexity index is 685. The monoisotopic (exact) mass is 304 g/mol. The third-order valence-electron chi connectivity index (χ3n) is 3.68. The first kappa shape index (κ1) is 14.0. The van der Waals surface area contributed by atoms with Crippen molar-refractivity contribution < 1.29 is 9.55 Å². The quantitative estimate of drug-likeness (QED) is 0.826. The molecule has 0 saturated carbocycles. The van der Waals surface area contributed by atoms with Crippen molar-refractivity contribution in [3.05, 3.63) is 44.6 Å². The number of nitrogens with one attached hydrogen (secondary N) is 2. The second-order valence-corrected chi connectivity index (χ2v) is 6.37. The Morgan fingerprint density at radius 2 is 2.29 bits per heavy atom. The molecule has 5 nitrogen and oxygen atoms in total. The Kier molecular flexibility index (Phi) is 3.63. The molecule has 1 aromatic rings. The largest absolute Gasteiger partial charge is 0.375 e. The molecule has 2 N–H and O–H groups in total. The number of nitrogens with zero attached hydrogens (tertiary/aromatic N) is 1. The highest BCUT2D eigenvalue weighted by molar-refractivity contribution is 7.15. The molecule has 3 rings (SSSR count). The van der Waals surface area contributed by atoms with E-state index in [1.54, 1.807) is 11.3 Å². The molecule has 1 aromatic heterocycles. The topological polar surface area (TPSA) is 61.2 Å². The number of carbonyl (C=O) groups excluding carboxylic acids is 1. The average Bonchev–Trinajstić information content (AvgIpc) is 2.82. The van der Waals surface area contributed by atoms with Crippen molar-refractivity contribution in [2.45, 2.75) is 39.7 Å². The predicted molar refractivity (Wildman–Crippen MR) is 82.0 cm³/mol. The van der Waals surface area contributed by atoms with Gasteiger partial charge in [-0.1, -0.05) is 18.3 Å². The number of thiophene rings is 1. The number of hydrogen-bond acceptors (Lipinski definition) is 4. The average molecular weight is 304 g/mol. The smallest absolute Gasteiger partial charge is 0.323 e. The maximum atomic E-state index is 12.6. The zero-order valence-corrected chi connectivity index (χ0v) is 13.0. The standard InChI is InChI=1S/C15H17N3O2S/c1-3-12-6-10-8-16-13-7-11(17-9(2)19)4-5-14(13)18(20)15(10)21-12/h6-7H,3-5,8H2,1-2H3,(H-,16,17,19,20)/p+1. The summed E-state index contributed by atoms with van der Waals surface area (Å²) in [4.78, 5) is 25.0. The zero-order valence-electron chi connectivity index (χ0n) is 12.2. The molecule has 0 saturated heterocycles. The number of amides is 1. The SMILES string of the molecule is CCc1cc2c(s1)[N+](=O)C1=C(C=C(NC(C)=O)CC1)NC2. The molecule has 110 valence electrons. The van der Waals surface area contributed by atoms with Crippen LogP contribution >= 0.6 is 11.3 Å². The van der Waals surface area contributed by atoms with Gasteiger partial charge in [0.05, 0.1) is 10.3 Å². The Morgan fingerprint density at radius 3 is 3.00 bits per heavy atom. The van der Waals surface area contributed by atoms with Crippen LogP contribution in [0.15, 0.2) is 29.2 Å². The normalized spacial score (nSPS) is 17.4. The minimum atomic E-state index is -0.0791. The Balaban J connectivity index is 1.95. The van der Waals surface area contributed by atoms with Crippen molar-refractivity contribution >= 4 is 22.2 Å². The molecule has 0 bridgehead atoms. The number of aryl methyl sites for hydroxylation is 1. The lowest BCUT2D eigenvalue weighted by molar-refractivity contribution is -0.407. The highest BCUT2D eigenvalue weighted by Gasteiger charge is 2.35. The van der Waals surface area contributed by atoms with E-state index in [4.69, 9.17) is 0 Å². The first-order valence-corrected chi connectivity index (χ1v) is 7.94. The van der Waals surface area contributed by atoms with Crippen molar-refractivity contribution in [1.82, 2.24) is 10.6 Å². The maximum Gasteiger partial charge on any atom is 0.323 e. The molecule has 1 aliphatic heterocycles. The minimum Gasteiger partial charge on any atom is -0.375 e. The van der Waals surface area contributed by atoms with Crippen LogP contribution in [-0.4, -0.2) is 10.7 Å². The predicted octanol–water partition coefficient (Wildman–Crippen LogP) is 2.85. The van der Waals surface area contributed by atoms with E-state index in [9.17, 15) is 9.70 Å². The van der Waals surface area contributed by atoms with Crippen LogP contribution in [0.5, 0.6) is 0 Å². The molecule has 0 fully saturated rings. The van der Waals surface area contributed by atoms with Crippen molar-refractivity contribution in [1.29, 1.82) is 0 Å². The van der Waals surface area contributed by atoms with Crippen LogP contribution in [0.3, 0.4) is 0 Å². The summed E-state index contributed by atoms with van der Waals surface area (Å²) < 4.78 is 1.07. The molecule has 21 heavy (non-hydrogen) atoms. The van der Waals surface area contributed by atoms with Gasteiger partial charge in [0.1, 0.15) is 5.70 Å². The molecule has 0 unspecified atom stereocenters. The molecular weight excluding hydrogens is 286 g/mol. The lowest BCUT2D eigenvalue weighted by Crippen LogP contribution is -2.24. The van der Waals surface area contributed by atoms with Gasteiger partial charge in [-0.3, -0.25) is 4.79 Å². The summed E-state index contributed by atoms with van der Waals surface area (Å²) in [5, 5.41) is 6.93. The van der Waals surface area contributed by atoms with E-state index < -0.39 is 0 Å². The molecule has 2 heterocycles. The number of rotatable bonds is 2. The van der Waals surface area contributed by atoms with Gasteiger partial charge in [0.15, 0.2) is 0 Å². The summed E-state index contributed by atoms with van der Waals surface area (Å²) in [5.74, 6) is -0.0791. The van der Waals surface area contributed by atoms with E-state index >= 15 is 0 Å². The van der Waals surface area contributed by atoms with Crippen molar-refractivity contribution in [2.24, 2.45) is 0 Å². The van der Waals surface area contributed by atoms with Gasteiger partial charge in [0.25, 0.3) is 5.70 Å². The highest BCUT2D eigenvalue weighted by Crippen LogP contribution is 2.37. The summed E-state index contributed by atoms with van der Waals surface area (Å²) >= 11 is 1.57. The molecule has 0 atom stereocenters. The fourth-order valence-electron chi connectivity index (χ4n) is 2.67. The van der Waals surface area contributed by atoms with Crippen LogP contribution < -0.4 is 10.6 Å². The van der Waals surface area contributed by atoms with Crippen LogP contribution in [-0.2, 0) is 17.8 Å². The fourth-order valence-corrected chi connectivity index (χ4v) is 3.72. The Labute approximate surface area is 127 Å². The van der Waals surface area contributed by atoms with Gasteiger partial charge in [0, 0.05) is 35.4 Å². The van der Waals surface area contributed by atoms with E-state index in [0.717, 1.165) is 38.8 Å². The van der Waals surface area contributed by atoms with Gasteiger partial charge in [-0.05, 0) is 25.0 Å². The molecule has 1 aliphatic carbocycles. The third kappa shape index (κ3) is 2.63. The summed E-state index contributed by atoms with van der Waals surface area (Å²) in [7, 11) is 0. The van der Waals surface area contributed by atoms with Crippen molar-refractivity contribution in [3.63, 3.8) is 0 Å². The van der Waals surface area contributed by atoms with Gasteiger partial charge in [-0.2, -0.15) is 0 Å². The van der Waals surface area contributed by atoms with Crippen LogP contribution in [0, 0.1) is 4.91 Å².